The maximum Gasteiger partial charge on any atom is 0.228 e. The molecule has 3 heteroatoms. The molecular formula is C17H22N2O. The molecule has 0 radical (unpaired) electrons. The monoisotopic (exact) mass is 270 g/mol. The van der Waals surface area contributed by atoms with Gasteiger partial charge in [-0.05, 0) is 35.1 Å². The van der Waals surface area contributed by atoms with Crippen LogP contribution < -0.4 is 11.1 Å². The lowest BCUT2D eigenvalue weighted by Crippen LogP contribution is -2.17. The molecule has 0 saturated heterocycles. The summed E-state index contributed by atoms with van der Waals surface area (Å²) >= 11 is 0. The Morgan fingerprint density at radius 1 is 1.20 bits per heavy atom. The van der Waals surface area contributed by atoms with Crippen LogP contribution in [0.5, 0.6) is 0 Å². The van der Waals surface area contributed by atoms with Crippen molar-refractivity contribution in [3.8, 4) is 11.8 Å². The molecular weight excluding hydrogens is 248 g/mol. The van der Waals surface area contributed by atoms with Gasteiger partial charge in [0.25, 0.3) is 0 Å². The number of carbonyl (C=O) groups excluding carboxylic acids is 1. The molecule has 0 spiro atoms. The van der Waals surface area contributed by atoms with Crippen molar-refractivity contribution in [2.45, 2.75) is 27.7 Å². The summed E-state index contributed by atoms with van der Waals surface area (Å²) in [4.78, 5) is 12.3. The molecule has 0 aromatic heterocycles. The second-order valence-electron chi connectivity index (χ2n) is 6.45. The molecule has 106 valence electrons. The van der Waals surface area contributed by atoms with Crippen LogP contribution in [0, 0.1) is 28.6 Å². The molecule has 1 aromatic rings. The first-order chi connectivity index (χ1) is 9.30. The van der Waals surface area contributed by atoms with E-state index in [1.54, 1.807) is 0 Å². The van der Waals surface area contributed by atoms with Gasteiger partial charge < -0.3 is 11.1 Å². The third kappa shape index (κ3) is 2.44. The van der Waals surface area contributed by atoms with Gasteiger partial charge in [-0.1, -0.05) is 39.5 Å². The highest BCUT2D eigenvalue weighted by Crippen LogP contribution is 2.68. The Bertz CT molecular complexity index is 559. The SMILES string of the molecule is CC1(C)C(C(=O)Nc2ccc(C#CCN)cc2)C1(C)C. The summed E-state index contributed by atoms with van der Waals surface area (Å²) in [5.74, 6) is 5.92. The lowest BCUT2D eigenvalue weighted by molar-refractivity contribution is -0.118. The summed E-state index contributed by atoms with van der Waals surface area (Å²) in [6, 6.07) is 7.53. The average Bonchev–Trinajstić information content (AvgIpc) is 2.79. The van der Waals surface area contributed by atoms with Crippen molar-refractivity contribution in [2.75, 3.05) is 11.9 Å². The summed E-state index contributed by atoms with van der Waals surface area (Å²) in [5, 5.41) is 2.99. The fraction of sp³-hybridized carbons (Fsp3) is 0.471. The number of amides is 1. The molecule has 0 unspecified atom stereocenters. The van der Waals surface area contributed by atoms with Crippen molar-refractivity contribution in [2.24, 2.45) is 22.5 Å². The van der Waals surface area contributed by atoms with Crippen LogP contribution in [-0.4, -0.2) is 12.5 Å². The zero-order valence-corrected chi connectivity index (χ0v) is 12.6. The van der Waals surface area contributed by atoms with Crippen LogP contribution in [-0.2, 0) is 4.79 Å². The van der Waals surface area contributed by atoms with Crippen molar-refractivity contribution in [1.82, 2.24) is 0 Å². The molecule has 1 aliphatic rings. The van der Waals surface area contributed by atoms with Gasteiger partial charge in [0.05, 0.1) is 6.54 Å². The smallest absolute Gasteiger partial charge is 0.228 e. The largest absolute Gasteiger partial charge is 0.326 e. The van der Waals surface area contributed by atoms with Crippen LogP contribution in [0.4, 0.5) is 5.69 Å². The Balaban J connectivity index is 2.03. The molecule has 1 saturated carbocycles. The highest BCUT2D eigenvalue weighted by atomic mass is 16.2. The van der Waals surface area contributed by atoms with E-state index in [2.05, 4.69) is 44.9 Å². The van der Waals surface area contributed by atoms with Crippen LogP contribution in [0.25, 0.3) is 0 Å². The first-order valence-electron chi connectivity index (χ1n) is 6.90. The number of nitrogens with two attached hydrogens (primary N) is 1. The van der Waals surface area contributed by atoms with E-state index in [9.17, 15) is 4.79 Å². The molecule has 1 fully saturated rings. The van der Waals surface area contributed by atoms with Crippen molar-refractivity contribution in [3.05, 3.63) is 29.8 Å². The van der Waals surface area contributed by atoms with Crippen LogP contribution >= 0.6 is 0 Å². The van der Waals surface area contributed by atoms with E-state index >= 15 is 0 Å². The molecule has 0 aliphatic heterocycles. The van der Waals surface area contributed by atoms with E-state index in [-0.39, 0.29) is 22.7 Å². The Labute approximate surface area is 120 Å². The van der Waals surface area contributed by atoms with Gasteiger partial charge in [-0.3, -0.25) is 4.79 Å². The molecule has 1 aliphatic carbocycles. The summed E-state index contributed by atoms with van der Waals surface area (Å²) in [5.41, 5.74) is 7.17. The van der Waals surface area contributed by atoms with Gasteiger partial charge in [-0.15, -0.1) is 0 Å². The molecule has 0 heterocycles. The molecule has 3 N–H and O–H groups in total. The van der Waals surface area contributed by atoms with Crippen LogP contribution in [0.15, 0.2) is 24.3 Å². The van der Waals surface area contributed by atoms with Crippen LogP contribution in [0.3, 0.4) is 0 Å². The zero-order chi connectivity index (χ0) is 15.0. The van der Waals surface area contributed by atoms with E-state index in [0.29, 0.717) is 6.54 Å². The second kappa shape index (κ2) is 4.96. The molecule has 0 bridgehead atoms. The van der Waals surface area contributed by atoms with E-state index < -0.39 is 0 Å². The molecule has 0 atom stereocenters. The molecule has 1 amide bonds. The number of carbonyl (C=O) groups is 1. The minimum Gasteiger partial charge on any atom is -0.326 e. The quantitative estimate of drug-likeness (QED) is 0.812. The second-order valence-corrected chi connectivity index (χ2v) is 6.45. The fourth-order valence-electron chi connectivity index (χ4n) is 2.86. The van der Waals surface area contributed by atoms with Crippen LogP contribution in [0.2, 0.25) is 0 Å². The van der Waals surface area contributed by atoms with Crippen molar-refractivity contribution in [3.63, 3.8) is 0 Å². The van der Waals surface area contributed by atoms with Gasteiger partial charge in [0, 0.05) is 17.2 Å². The number of anilines is 1. The maximum absolute atomic E-state index is 12.3. The van der Waals surface area contributed by atoms with E-state index in [4.69, 9.17) is 5.73 Å². The average molecular weight is 270 g/mol. The maximum atomic E-state index is 12.3. The number of nitrogens with one attached hydrogen (secondary N) is 1. The Morgan fingerprint density at radius 3 is 2.20 bits per heavy atom. The minimum atomic E-state index is 0.0592. The number of hydrogen-bond donors (Lipinski definition) is 2. The third-order valence-corrected chi connectivity index (χ3v) is 4.77. The van der Waals surface area contributed by atoms with Gasteiger partial charge in [-0.2, -0.15) is 0 Å². The van der Waals surface area contributed by atoms with Gasteiger partial charge in [-0.25, -0.2) is 0 Å². The van der Waals surface area contributed by atoms with Gasteiger partial charge >= 0.3 is 0 Å². The highest BCUT2D eigenvalue weighted by molar-refractivity contribution is 5.96. The van der Waals surface area contributed by atoms with E-state index in [0.717, 1.165) is 11.3 Å². The minimum absolute atomic E-state index is 0.0592. The molecule has 20 heavy (non-hydrogen) atoms. The highest BCUT2D eigenvalue weighted by Gasteiger charge is 2.68. The lowest BCUT2D eigenvalue weighted by Gasteiger charge is -2.06. The summed E-state index contributed by atoms with van der Waals surface area (Å²) in [7, 11) is 0. The standard InChI is InChI=1S/C17H22N2O/c1-16(2)14(17(16,3)4)15(20)19-13-9-7-12(8-10-13)6-5-11-18/h7-10,14H,11,18H2,1-4H3,(H,19,20). The zero-order valence-electron chi connectivity index (χ0n) is 12.6. The molecule has 3 nitrogen and oxygen atoms in total. The van der Waals surface area contributed by atoms with E-state index in [1.165, 1.54) is 0 Å². The predicted octanol–water partition coefficient (Wildman–Crippen LogP) is 2.62. The lowest BCUT2D eigenvalue weighted by atomic mass is 10.0. The number of benzene rings is 1. The number of hydrogen-bond acceptors (Lipinski definition) is 2. The fourth-order valence-corrected chi connectivity index (χ4v) is 2.86. The van der Waals surface area contributed by atoms with Crippen molar-refractivity contribution >= 4 is 11.6 Å². The van der Waals surface area contributed by atoms with Crippen molar-refractivity contribution in [1.29, 1.82) is 0 Å². The van der Waals surface area contributed by atoms with Crippen LogP contribution in [0.1, 0.15) is 33.3 Å². The Kier molecular flexibility index (Phi) is 3.62. The summed E-state index contributed by atoms with van der Waals surface area (Å²) in [6.45, 7) is 8.92. The Morgan fingerprint density at radius 2 is 1.75 bits per heavy atom. The van der Waals surface area contributed by atoms with Crippen molar-refractivity contribution < 1.29 is 4.79 Å². The molecule has 2 rings (SSSR count). The first-order valence-corrected chi connectivity index (χ1v) is 6.90. The predicted molar refractivity (Wildman–Crippen MR) is 82.1 cm³/mol. The Hall–Kier alpha value is -1.79. The van der Waals surface area contributed by atoms with Gasteiger partial charge in [0.2, 0.25) is 5.91 Å². The normalized spacial score (nSPS) is 18.9. The topological polar surface area (TPSA) is 55.1 Å². The summed E-state index contributed by atoms with van der Waals surface area (Å²) < 4.78 is 0. The molecule has 1 aromatic carbocycles. The third-order valence-electron chi connectivity index (χ3n) is 4.77. The first kappa shape index (κ1) is 14.6. The van der Waals surface area contributed by atoms with E-state index in [1.807, 2.05) is 24.3 Å². The number of rotatable bonds is 2. The van der Waals surface area contributed by atoms with Gasteiger partial charge in [0.15, 0.2) is 0 Å². The summed E-state index contributed by atoms with van der Waals surface area (Å²) in [6.07, 6.45) is 0. The van der Waals surface area contributed by atoms with Gasteiger partial charge in [0.1, 0.15) is 0 Å².